The minimum absolute atomic E-state index is 0.100. The Balaban J connectivity index is 1.79. The molecule has 4 aromatic rings. The van der Waals surface area contributed by atoms with Gasteiger partial charge < -0.3 is 10.1 Å². The molecule has 1 atom stereocenters. The Morgan fingerprint density at radius 1 is 1.09 bits per heavy atom. The molecule has 8 heteroatoms. The summed E-state index contributed by atoms with van der Waals surface area (Å²) in [6.07, 6.45) is 0.275. The molecule has 1 unspecified atom stereocenters. The summed E-state index contributed by atoms with van der Waals surface area (Å²) in [5.74, 6) is 1.39. The molecule has 1 N–H and O–H groups in total. The summed E-state index contributed by atoms with van der Waals surface area (Å²) in [7, 11) is 0. The van der Waals surface area contributed by atoms with Gasteiger partial charge >= 0.3 is 0 Å². The zero-order valence-corrected chi connectivity index (χ0v) is 19.9. The molecule has 1 aliphatic heterocycles. The summed E-state index contributed by atoms with van der Waals surface area (Å²) in [5, 5.41) is 8.60. The molecule has 5 rings (SSSR count). The molecule has 0 spiro atoms. The molecule has 0 saturated carbocycles. The van der Waals surface area contributed by atoms with Gasteiger partial charge in [0.05, 0.1) is 12.3 Å². The lowest BCUT2D eigenvalue weighted by atomic mass is 9.84. The molecule has 0 bridgehead atoms. The third kappa shape index (κ3) is 4.03. The van der Waals surface area contributed by atoms with Crippen molar-refractivity contribution in [2.45, 2.75) is 33.1 Å². The summed E-state index contributed by atoms with van der Waals surface area (Å²) < 4.78 is 7.56. The van der Waals surface area contributed by atoms with E-state index in [1.165, 1.54) is 0 Å². The first-order chi connectivity index (χ1) is 16.4. The van der Waals surface area contributed by atoms with Gasteiger partial charge in [0.15, 0.2) is 0 Å². The Morgan fingerprint density at radius 2 is 1.79 bits per heavy atom. The molecule has 172 valence electrons. The molecule has 2 aromatic heterocycles. The average Bonchev–Trinajstić information content (AvgIpc) is 3.18. The van der Waals surface area contributed by atoms with Crippen molar-refractivity contribution >= 4 is 23.3 Å². The third-order valence-electron chi connectivity index (χ3n) is 5.79. The second-order valence-corrected chi connectivity index (χ2v) is 8.69. The quantitative estimate of drug-likeness (QED) is 0.415. The number of carbonyl (C=O) groups is 1. The van der Waals surface area contributed by atoms with Crippen LogP contribution in [0.2, 0.25) is 5.02 Å². The summed E-state index contributed by atoms with van der Waals surface area (Å²) in [5.41, 5.74) is 5.11. The van der Waals surface area contributed by atoms with E-state index in [0.29, 0.717) is 23.4 Å². The fourth-order valence-corrected chi connectivity index (χ4v) is 4.57. The summed E-state index contributed by atoms with van der Waals surface area (Å²) in [4.78, 5) is 22.1. The number of nitrogens with zero attached hydrogens (tertiary/aromatic N) is 4. The van der Waals surface area contributed by atoms with Crippen LogP contribution in [0.25, 0.3) is 17.2 Å². The molecular weight excluding hydrogens is 450 g/mol. The lowest BCUT2D eigenvalue weighted by Crippen LogP contribution is -2.25. The lowest BCUT2D eigenvalue weighted by molar-refractivity contribution is -0.116. The maximum Gasteiger partial charge on any atom is 0.252 e. The maximum atomic E-state index is 12.9. The van der Waals surface area contributed by atoms with E-state index in [-0.39, 0.29) is 18.2 Å². The predicted molar refractivity (Wildman–Crippen MR) is 132 cm³/mol. The molecule has 3 heterocycles. The number of benzene rings is 2. The molecule has 0 radical (unpaired) electrons. The molecule has 7 nitrogen and oxygen atoms in total. The number of amides is 1. The smallest absolute Gasteiger partial charge is 0.252 e. The number of aryl methyl sites for hydroxylation is 2. The Morgan fingerprint density at radius 3 is 2.50 bits per heavy atom. The highest BCUT2D eigenvalue weighted by atomic mass is 35.5. The topological polar surface area (TPSA) is 81.9 Å². The van der Waals surface area contributed by atoms with Crippen molar-refractivity contribution in [1.82, 2.24) is 19.7 Å². The average molecular weight is 474 g/mol. The van der Waals surface area contributed by atoms with Gasteiger partial charge in [-0.05, 0) is 45.0 Å². The Kier molecular flexibility index (Phi) is 5.79. The fraction of sp³-hybridized carbons (Fsp3) is 0.231. The molecule has 2 aromatic carbocycles. The second-order valence-electron chi connectivity index (χ2n) is 8.26. The summed E-state index contributed by atoms with van der Waals surface area (Å²) >= 11 is 6.16. The number of hydrogen-bond acceptors (Lipinski definition) is 5. The standard InChI is InChI=1S/C26H24ClN5O2/c1-4-34-21-8-6-5-7-19(21)20-14-22(33)30-25-23(20)24(17-9-11-18(27)12-10-17)31-32(25)26-28-15(2)13-16(3)29-26/h5-13,20H,4,14H2,1-3H3,(H,30,33). The van der Waals surface area contributed by atoms with Gasteiger partial charge in [-0.15, -0.1) is 0 Å². The van der Waals surface area contributed by atoms with Gasteiger partial charge in [0.25, 0.3) is 5.95 Å². The fourth-order valence-electron chi connectivity index (χ4n) is 4.44. The summed E-state index contributed by atoms with van der Waals surface area (Å²) in [6.45, 7) is 6.30. The van der Waals surface area contributed by atoms with E-state index in [4.69, 9.17) is 21.4 Å². The number of rotatable bonds is 5. The van der Waals surface area contributed by atoms with Crippen LogP contribution in [-0.2, 0) is 4.79 Å². The molecule has 1 aliphatic rings. The molecule has 0 aliphatic carbocycles. The van der Waals surface area contributed by atoms with E-state index in [2.05, 4.69) is 15.3 Å². The van der Waals surface area contributed by atoms with Crippen molar-refractivity contribution in [3.63, 3.8) is 0 Å². The highest BCUT2D eigenvalue weighted by Gasteiger charge is 2.36. The first kappa shape index (κ1) is 22.1. The van der Waals surface area contributed by atoms with Crippen LogP contribution in [0.4, 0.5) is 5.82 Å². The van der Waals surface area contributed by atoms with Crippen molar-refractivity contribution in [3.05, 3.63) is 82.1 Å². The summed E-state index contributed by atoms with van der Waals surface area (Å²) in [6, 6.07) is 17.3. The second kappa shape index (κ2) is 8.91. The first-order valence-corrected chi connectivity index (χ1v) is 11.6. The number of carbonyl (C=O) groups excluding carboxylic acids is 1. The highest BCUT2D eigenvalue weighted by Crippen LogP contribution is 2.46. The van der Waals surface area contributed by atoms with Crippen molar-refractivity contribution < 1.29 is 9.53 Å². The van der Waals surface area contributed by atoms with Crippen molar-refractivity contribution in [2.24, 2.45) is 0 Å². The Hall–Kier alpha value is -3.71. The van der Waals surface area contributed by atoms with Gasteiger partial charge in [-0.25, -0.2) is 9.97 Å². The normalized spacial score (nSPS) is 15.1. The van der Waals surface area contributed by atoms with E-state index in [1.807, 2.05) is 75.4 Å². The number of nitrogens with one attached hydrogen (secondary N) is 1. The van der Waals surface area contributed by atoms with Crippen molar-refractivity contribution in [2.75, 3.05) is 11.9 Å². The molecule has 0 saturated heterocycles. The monoisotopic (exact) mass is 473 g/mol. The van der Waals surface area contributed by atoms with E-state index >= 15 is 0 Å². The van der Waals surface area contributed by atoms with Gasteiger partial charge in [-0.3, -0.25) is 4.79 Å². The lowest BCUT2D eigenvalue weighted by Gasteiger charge is -2.26. The predicted octanol–water partition coefficient (Wildman–Crippen LogP) is 5.47. The van der Waals surface area contributed by atoms with Crippen LogP contribution < -0.4 is 10.1 Å². The van der Waals surface area contributed by atoms with Gasteiger partial charge in [0.2, 0.25) is 5.91 Å². The first-order valence-electron chi connectivity index (χ1n) is 11.2. The van der Waals surface area contributed by atoms with Crippen LogP contribution in [0.15, 0.2) is 54.6 Å². The van der Waals surface area contributed by atoms with Crippen LogP contribution in [0.1, 0.15) is 41.8 Å². The highest BCUT2D eigenvalue weighted by molar-refractivity contribution is 6.30. The van der Waals surface area contributed by atoms with Crippen LogP contribution in [0.3, 0.4) is 0 Å². The number of fused-ring (bicyclic) bond motifs is 1. The van der Waals surface area contributed by atoms with Crippen LogP contribution in [-0.4, -0.2) is 32.3 Å². The Labute approximate surface area is 202 Å². The number of ether oxygens (including phenoxy) is 1. The number of hydrogen-bond donors (Lipinski definition) is 1. The minimum atomic E-state index is -0.253. The van der Waals surface area contributed by atoms with Crippen LogP contribution in [0, 0.1) is 13.8 Å². The molecule has 1 amide bonds. The maximum absolute atomic E-state index is 12.9. The zero-order valence-electron chi connectivity index (χ0n) is 19.2. The molecule has 0 fully saturated rings. The van der Waals surface area contributed by atoms with Crippen molar-refractivity contribution in [3.8, 4) is 23.0 Å². The number of aromatic nitrogens is 4. The van der Waals surface area contributed by atoms with Gasteiger partial charge in [-0.1, -0.05) is 41.9 Å². The van der Waals surface area contributed by atoms with E-state index < -0.39 is 0 Å². The zero-order chi connectivity index (χ0) is 23.8. The van der Waals surface area contributed by atoms with E-state index in [0.717, 1.165) is 39.5 Å². The van der Waals surface area contributed by atoms with E-state index in [9.17, 15) is 4.79 Å². The van der Waals surface area contributed by atoms with Gasteiger partial charge in [0.1, 0.15) is 11.6 Å². The molecular formula is C26H24ClN5O2. The largest absolute Gasteiger partial charge is 0.494 e. The number of para-hydroxylation sites is 1. The molecule has 34 heavy (non-hydrogen) atoms. The van der Waals surface area contributed by atoms with Crippen molar-refractivity contribution in [1.29, 1.82) is 0 Å². The van der Waals surface area contributed by atoms with Gasteiger partial charge in [-0.2, -0.15) is 9.78 Å². The van der Waals surface area contributed by atoms with Gasteiger partial charge in [0, 0.05) is 45.4 Å². The number of anilines is 1. The Bertz CT molecular complexity index is 1360. The van der Waals surface area contributed by atoms with Crippen LogP contribution >= 0.6 is 11.6 Å². The minimum Gasteiger partial charge on any atom is -0.494 e. The number of halogens is 1. The van der Waals surface area contributed by atoms with Crippen LogP contribution in [0.5, 0.6) is 5.75 Å². The third-order valence-corrected chi connectivity index (χ3v) is 6.04. The van der Waals surface area contributed by atoms with E-state index in [1.54, 1.807) is 4.68 Å². The SMILES string of the molecule is CCOc1ccccc1C1CC(=O)Nc2c1c(-c1ccc(Cl)cc1)nn2-c1nc(C)cc(C)n1.